The lowest BCUT2D eigenvalue weighted by Crippen LogP contribution is -2.47. The zero-order chi connectivity index (χ0) is 13.9. The van der Waals surface area contributed by atoms with Gasteiger partial charge >= 0.3 is 6.18 Å². The quantitative estimate of drug-likeness (QED) is 0.840. The van der Waals surface area contributed by atoms with Crippen LogP contribution in [0, 0.1) is 5.41 Å². The van der Waals surface area contributed by atoms with E-state index in [-0.39, 0.29) is 5.91 Å². The van der Waals surface area contributed by atoms with Crippen LogP contribution in [-0.2, 0) is 4.79 Å². The Morgan fingerprint density at radius 2 is 1.68 bits per heavy atom. The van der Waals surface area contributed by atoms with Crippen LogP contribution in [-0.4, -0.2) is 43.2 Å². The highest BCUT2D eigenvalue weighted by Gasteiger charge is 2.37. The van der Waals surface area contributed by atoms with Crippen LogP contribution in [0.4, 0.5) is 13.2 Å². The zero-order valence-corrected chi connectivity index (χ0v) is 11.1. The maximum absolute atomic E-state index is 12.1. The molecule has 3 nitrogen and oxygen atoms in total. The molecule has 0 atom stereocenters. The fourth-order valence-corrected chi connectivity index (χ4v) is 3.09. The SMILES string of the molecule is O=C(CCC(F)(F)F)N1CCC2(CCNCC2)CC1. The van der Waals surface area contributed by atoms with Crippen LogP contribution in [0.25, 0.3) is 0 Å². The third kappa shape index (κ3) is 4.09. The van der Waals surface area contributed by atoms with Crippen molar-refractivity contribution in [1.82, 2.24) is 10.2 Å². The summed E-state index contributed by atoms with van der Waals surface area (Å²) < 4.78 is 36.3. The lowest BCUT2D eigenvalue weighted by atomic mass is 9.71. The second-order valence-electron chi connectivity index (χ2n) is 5.75. The Kier molecular flexibility index (Phi) is 4.38. The second-order valence-corrected chi connectivity index (χ2v) is 5.75. The molecule has 0 radical (unpaired) electrons. The van der Waals surface area contributed by atoms with Crippen molar-refractivity contribution in [3.63, 3.8) is 0 Å². The maximum Gasteiger partial charge on any atom is 0.389 e. The van der Waals surface area contributed by atoms with E-state index in [9.17, 15) is 18.0 Å². The predicted octanol–water partition coefficient (Wildman–Crippen LogP) is 2.32. The first-order chi connectivity index (χ1) is 8.90. The van der Waals surface area contributed by atoms with E-state index in [1.807, 2.05) is 0 Å². The van der Waals surface area contributed by atoms with Crippen molar-refractivity contribution in [3.8, 4) is 0 Å². The van der Waals surface area contributed by atoms with E-state index in [1.165, 1.54) is 0 Å². The minimum absolute atomic E-state index is 0.325. The van der Waals surface area contributed by atoms with Crippen molar-refractivity contribution >= 4 is 5.91 Å². The molecule has 0 aromatic heterocycles. The van der Waals surface area contributed by atoms with Crippen LogP contribution in [0.15, 0.2) is 0 Å². The summed E-state index contributed by atoms with van der Waals surface area (Å²) in [4.78, 5) is 13.3. The average molecular weight is 278 g/mol. The van der Waals surface area contributed by atoms with Crippen LogP contribution in [0.1, 0.15) is 38.5 Å². The standard InChI is InChI=1S/C13H21F3N2O/c14-13(15,16)2-1-11(19)18-9-5-12(6-10-18)3-7-17-8-4-12/h17H,1-10H2. The van der Waals surface area contributed by atoms with E-state index in [0.717, 1.165) is 38.8 Å². The number of likely N-dealkylation sites (tertiary alicyclic amines) is 1. The number of nitrogens with zero attached hydrogens (tertiary/aromatic N) is 1. The number of rotatable bonds is 2. The molecule has 0 saturated carbocycles. The molecule has 2 fully saturated rings. The summed E-state index contributed by atoms with van der Waals surface area (Å²) in [6.07, 6.45) is -1.52. The van der Waals surface area contributed by atoms with Crippen LogP contribution in [0.3, 0.4) is 0 Å². The fourth-order valence-electron chi connectivity index (χ4n) is 3.09. The molecule has 0 aromatic rings. The maximum atomic E-state index is 12.1. The highest BCUT2D eigenvalue weighted by molar-refractivity contribution is 5.76. The first-order valence-corrected chi connectivity index (χ1v) is 6.96. The van der Waals surface area contributed by atoms with Crippen molar-refractivity contribution < 1.29 is 18.0 Å². The number of nitrogens with one attached hydrogen (secondary N) is 1. The van der Waals surface area contributed by atoms with Gasteiger partial charge in [0.05, 0.1) is 6.42 Å². The lowest BCUT2D eigenvalue weighted by Gasteiger charge is -2.44. The molecule has 6 heteroatoms. The second kappa shape index (κ2) is 5.69. The minimum Gasteiger partial charge on any atom is -0.343 e. The van der Waals surface area contributed by atoms with Gasteiger partial charge in [-0.1, -0.05) is 0 Å². The van der Waals surface area contributed by atoms with Gasteiger partial charge in [-0.25, -0.2) is 0 Å². The fraction of sp³-hybridized carbons (Fsp3) is 0.923. The van der Waals surface area contributed by atoms with Crippen molar-refractivity contribution in [1.29, 1.82) is 0 Å². The van der Waals surface area contributed by atoms with Gasteiger partial charge in [0.15, 0.2) is 0 Å². The third-order valence-electron chi connectivity index (χ3n) is 4.46. The smallest absolute Gasteiger partial charge is 0.343 e. The molecule has 0 unspecified atom stereocenters. The molecule has 2 rings (SSSR count). The molecule has 2 saturated heterocycles. The molecule has 110 valence electrons. The predicted molar refractivity (Wildman–Crippen MR) is 65.6 cm³/mol. The van der Waals surface area contributed by atoms with Gasteiger partial charge in [0.25, 0.3) is 0 Å². The van der Waals surface area contributed by atoms with Crippen molar-refractivity contribution in [2.24, 2.45) is 5.41 Å². The van der Waals surface area contributed by atoms with Gasteiger partial charge in [-0.15, -0.1) is 0 Å². The number of hydrogen-bond acceptors (Lipinski definition) is 2. The summed E-state index contributed by atoms with van der Waals surface area (Å²) in [5.74, 6) is -0.346. The van der Waals surface area contributed by atoms with E-state index < -0.39 is 19.0 Å². The number of halogens is 3. The Balaban J connectivity index is 1.77. The van der Waals surface area contributed by atoms with Gasteiger partial charge in [-0.3, -0.25) is 4.79 Å². The van der Waals surface area contributed by atoms with Gasteiger partial charge in [0.1, 0.15) is 0 Å². The van der Waals surface area contributed by atoms with Crippen LogP contribution in [0.2, 0.25) is 0 Å². The molecule has 19 heavy (non-hydrogen) atoms. The van der Waals surface area contributed by atoms with Crippen molar-refractivity contribution in [2.75, 3.05) is 26.2 Å². The van der Waals surface area contributed by atoms with Gasteiger partial charge in [-0.05, 0) is 44.2 Å². The summed E-state index contributed by atoms with van der Waals surface area (Å²) in [7, 11) is 0. The number of amides is 1. The number of alkyl halides is 3. The molecule has 0 aromatic carbocycles. The van der Waals surface area contributed by atoms with Gasteiger partial charge < -0.3 is 10.2 Å². The molecule has 1 spiro atoms. The van der Waals surface area contributed by atoms with Gasteiger partial charge in [0, 0.05) is 19.5 Å². The Morgan fingerprint density at radius 3 is 2.21 bits per heavy atom. The molecule has 2 heterocycles. The molecule has 0 bridgehead atoms. The number of piperidine rings is 2. The summed E-state index contributed by atoms with van der Waals surface area (Å²) in [6.45, 7) is 3.28. The van der Waals surface area contributed by atoms with Gasteiger partial charge in [0.2, 0.25) is 5.91 Å². The highest BCUT2D eigenvalue weighted by Crippen LogP contribution is 2.39. The van der Waals surface area contributed by atoms with Gasteiger partial charge in [-0.2, -0.15) is 13.2 Å². The molecule has 1 N–H and O–H groups in total. The molecule has 1 amide bonds. The molecule has 2 aliphatic rings. The first-order valence-electron chi connectivity index (χ1n) is 6.96. The van der Waals surface area contributed by atoms with Crippen LogP contribution in [0.5, 0.6) is 0 Å². The monoisotopic (exact) mass is 278 g/mol. The van der Waals surface area contributed by atoms with Crippen LogP contribution >= 0.6 is 0 Å². The summed E-state index contributed by atoms with van der Waals surface area (Å²) in [5.41, 5.74) is 0.325. The van der Waals surface area contributed by atoms with E-state index in [0.29, 0.717) is 18.5 Å². The summed E-state index contributed by atoms with van der Waals surface area (Å²) >= 11 is 0. The van der Waals surface area contributed by atoms with E-state index in [4.69, 9.17) is 0 Å². The third-order valence-corrected chi connectivity index (χ3v) is 4.46. The van der Waals surface area contributed by atoms with Crippen molar-refractivity contribution in [2.45, 2.75) is 44.7 Å². The van der Waals surface area contributed by atoms with E-state index in [2.05, 4.69) is 5.32 Å². The zero-order valence-electron chi connectivity index (χ0n) is 11.1. The Bertz CT molecular complexity index is 314. The topological polar surface area (TPSA) is 32.3 Å². The number of hydrogen-bond donors (Lipinski definition) is 1. The lowest BCUT2D eigenvalue weighted by molar-refractivity contribution is -0.150. The molecular formula is C13H21F3N2O. The Morgan fingerprint density at radius 1 is 1.11 bits per heavy atom. The molecule has 0 aliphatic carbocycles. The largest absolute Gasteiger partial charge is 0.389 e. The van der Waals surface area contributed by atoms with Crippen molar-refractivity contribution in [3.05, 3.63) is 0 Å². The minimum atomic E-state index is -4.23. The number of carbonyl (C=O) groups is 1. The van der Waals surface area contributed by atoms with E-state index >= 15 is 0 Å². The molecule has 2 aliphatic heterocycles. The first kappa shape index (κ1) is 14.6. The average Bonchev–Trinajstić information content (AvgIpc) is 2.37. The molecular weight excluding hydrogens is 257 g/mol. The Labute approximate surface area is 111 Å². The number of carbonyl (C=O) groups excluding carboxylic acids is 1. The normalized spacial score (nSPS) is 23.6. The van der Waals surface area contributed by atoms with Crippen LogP contribution < -0.4 is 5.32 Å². The Hall–Kier alpha value is -0.780. The summed E-state index contributed by atoms with van der Waals surface area (Å²) in [5, 5.41) is 3.32. The van der Waals surface area contributed by atoms with E-state index in [1.54, 1.807) is 4.90 Å². The summed E-state index contributed by atoms with van der Waals surface area (Å²) in [6, 6.07) is 0. The highest BCUT2D eigenvalue weighted by atomic mass is 19.4.